The molecule has 0 radical (unpaired) electrons. The van der Waals surface area contributed by atoms with Crippen LogP contribution in [0.4, 0.5) is 13.2 Å². The van der Waals surface area contributed by atoms with Crippen LogP contribution in [0.2, 0.25) is 0 Å². The predicted molar refractivity (Wildman–Crippen MR) is 103 cm³/mol. The molecule has 0 bridgehead atoms. The molecule has 0 saturated heterocycles. The molecular weight excluding hydrogens is 397 g/mol. The smallest absolute Gasteiger partial charge is 0.270 e. The van der Waals surface area contributed by atoms with Gasteiger partial charge in [0.25, 0.3) is 5.91 Å². The zero-order valence-electron chi connectivity index (χ0n) is 15.5. The SMILES string of the molecule is O=C(Cc1ccccc1)NC(C(=O)NO)c1ccc(-c2cc(F)c(F)c(F)c2)cc1. The van der Waals surface area contributed by atoms with E-state index in [0.717, 1.165) is 17.7 Å². The van der Waals surface area contributed by atoms with E-state index in [9.17, 15) is 22.8 Å². The van der Waals surface area contributed by atoms with Crippen LogP contribution in [0, 0.1) is 17.5 Å². The fraction of sp³-hybridized carbons (Fsp3) is 0.0909. The van der Waals surface area contributed by atoms with Crippen molar-refractivity contribution in [3.05, 3.63) is 95.3 Å². The summed E-state index contributed by atoms with van der Waals surface area (Å²) in [5, 5.41) is 11.6. The monoisotopic (exact) mass is 414 g/mol. The van der Waals surface area contributed by atoms with Gasteiger partial charge in [-0.05, 0) is 34.4 Å². The quantitative estimate of drug-likeness (QED) is 0.327. The van der Waals surface area contributed by atoms with Crippen molar-refractivity contribution in [1.82, 2.24) is 10.8 Å². The molecule has 30 heavy (non-hydrogen) atoms. The Hall–Kier alpha value is -3.65. The second kappa shape index (κ2) is 9.23. The number of nitrogens with one attached hydrogen (secondary N) is 2. The Kier molecular flexibility index (Phi) is 6.48. The molecule has 0 aliphatic heterocycles. The highest BCUT2D eigenvalue weighted by Crippen LogP contribution is 2.25. The van der Waals surface area contributed by atoms with Crippen LogP contribution in [0.3, 0.4) is 0 Å². The first-order valence-corrected chi connectivity index (χ1v) is 8.91. The zero-order valence-corrected chi connectivity index (χ0v) is 15.5. The summed E-state index contributed by atoms with van der Waals surface area (Å²) in [7, 11) is 0. The van der Waals surface area contributed by atoms with Gasteiger partial charge in [-0.3, -0.25) is 14.8 Å². The molecule has 2 amide bonds. The second-order valence-corrected chi connectivity index (χ2v) is 6.51. The van der Waals surface area contributed by atoms with Crippen LogP contribution in [0.5, 0.6) is 0 Å². The van der Waals surface area contributed by atoms with Crippen LogP contribution in [0.25, 0.3) is 11.1 Å². The molecule has 8 heteroatoms. The van der Waals surface area contributed by atoms with Gasteiger partial charge >= 0.3 is 0 Å². The molecule has 1 atom stereocenters. The Labute approximate surface area is 170 Å². The minimum absolute atomic E-state index is 0.0300. The van der Waals surface area contributed by atoms with Gasteiger partial charge in [0.15, 0.2) is 17.5 Å². The minimum Gasteiger partial charge on any atom is -0.340 e. The lowest BCUT2D eigenvalue weighted by atomic mass is 9.99. The molecule has 0 aromatic heterocycles. The van der Waals surface area contributed by atoms with Gasteiger partial charge in [-0.2, -0.15) is 0 Å². The van der Waals surface area contributed by atoms with Crippen LogP contribution in [0.1, 0.15) is 17.2 Å². The summed E-state index contributed by atoms with van der Waals surface area (Å²) in [4.78, 5) is 24.4. The number of rotatable bonds is 6. The molecule has 5 nitrogen and oxygen atoms in total. The number of hydroxylamine groups is 1. The Morgan fingerprint density at radius 2 is 1.47 bits per heavy atom. The van der Waals surface area contributed by atoms with Crippen LogP contribution >= 0.6 is 0 Å². The normalized spacial score (nSPS) is 11.6. The van der Waals surface area contributed by atoms with Crippen molar-refractivity contribution in [1.29, 1.82) is 0 Å². The molecule has 0 aliphatic carbocycles. The van der Waals surface area contributed by atoms with Crippen LogP contribution < -0.4 is 10.8 Å². The maximum Gasteiger partial charge on any atom is 0.270 e. The van der Waals surface area contributed by atoms with E-state index in [1.165, 1.54) is 29.7 Å². The van der Waals surface area contributed by atoms with Crippen molar-refractivity contribution in [3.8, 4) is 11.1 Å². The Morgan fingerprint density at radius 1 is 0.867 bits per heavy atom. The van der Waals surface area contributed by atoms with E-state index >= 15 is 0 Å². The lowest BCUT2D eigenvalue weighted by Gasteiger charge is -2.18. The van der Waals surface area contributed by atoms with Crippen molar-refractivity contribution < 1.29 is 28.0 Å². The molecule has 0 aliphatic rings. The third-order valence-electron chi connectivity index (χ3n) is 4.45. The largest absolute Gasteiger partial charge is 0.340 e. The number of benzene rings is 3. The van der Waals surface area contributed by atoms with Crippen molar-refractivity contribution >= 4 is 11.8 Å². The minimum atomic E-state index is -1.56. The van der Waals surface area contributed by atoms with Gasteiger partial charge in [-0.1, -0.05) is 54.6 Å². The first-order chi connectivity index (χ1) is 14.4. The van der Waals surface area contributed by atoms with E-state index in [1.807, 2.05) is 6.07 Å². The van der Waals surface area contributed by atoms with E-state index in [-0.39, 0.29) is 12.0 Å². The number of carbonyl (C=O) groups excluding carboxylic acids is 2. The average Bonchev–Trinajstić information content (AvgIpc) is 2.76. The summed E-state index contributed by atoms with van der Waals surface area (Å²) in [6.07, 6.45) is 0.0300. The molecule has 154 valence electrons. The Morgan fingerprint density at radius 3 is 2.03 bits per heavy atom. The summed E-state index contributed by atoms with van der Waals surface area (Å²) in [5.74, 6) is -5.50. The van der Waals surface area contributed by atoms with Gasteiger partial charge in [-0.25, -0.2) is 18.7 Å². The number of amides is 2. The summed E-state index contributed by atoms with van der Waals surface area (Å²) in [5.41, 5.74) is 3.05. The fourth-order valence-corrected chi connectivity index (χ4v) is 2.95. The standard InChI is InChI=1S/C22H17F3N2O3/c23-17-11-16(12-18(24)20(17)25)14-6-8-15(9-7-14)21(22(29)27-30)26-19(28)10-13-4-2-1-3-5-13/h1-9,11-12,21,30H,10H2,(H,26,28)(H,27,29). The number of hydrogen-bond donors (Lipinski definition) is 3. The molecule has 3 rings (SSSR count). The average molecular weight is 414 g/mol. The molecule has 0 fully saturated rings. The van der Waals surface area contributed by atoms with Crippen molar-refractivity contribution in [2.24, 2.45) is 0 Å². The van der Waals surface area contributed by atoms with E-state index < -0.39 is 35.3 Å². The molecule has 3 N–H and O–H groups in total. The van der Waals surface area contributed by atoms with E-state index in [1.54, 1.807) is 24.3 Å². The molecule has 1 unspecified atom stereocenters. The topological polar surface area (TPSA) is 78.4 Å². The van der Waals surface area contributed by atoms with Gasteiger partial charge in [0, 0.05) is 0 Å². The summed E-state index contributed by atoms with van der Waals surface area (Å²) >= 11 is 0. The molecule has 3 aromatic rings. The van der Waals surface area contributed by atoms with Crippen molar-refractivity contribution in [2.75, 3.05) is 0 Å². The summed E-state index contributed by atoms with van der Waals surface area (Å²) in [6.45, 7) is 0. The van der Waals surface area contributed by atoms with E-state index in [0.29, 0.717) is 11.1 Å². The van der Waals surface area contributed by atoms with Gasteiger partial charge in [-0.15, -0.1) is 0 Å². The van der Waals surface area contributed by atoms with Gasteiger partial charge in [0.05, 0.1) is 6.42 Å². The van der Waals surface area contributed by atoms with Gasteiger partial charge in [0.1, 0.15) is 6.04 Å². The lowest BCUT2D eigenvalue weighted by Crippen LogP contribution is -2.39. The predicted octanol–water partition coefficient (Wildman–Crippen LogP) is 3.68. The number of halogens is 3. The maximum absolute atomic E-state index is 13.5. The van der Waals surface area contributed by atoms with Gasteiger partial charge in [0.2, 0.25) is 5.91 Å². The Balaban J connectivity index is 1.81. The summed E-state index contributed by atoms with van der Waals surface area (Å²) in [6, 6.07) is 15.2. The first kappa shape index (κ1) is 21.1. The molecular formula is C22H17F3N2O3. The highest BCUT2D eigenvalue weighted by atomic mass is 19.2. The highest BCUT2D eigenvalue weighted by Gasteiger charge is 2.23. The summed E-state index contributed by atoms with van der Waals surface area (Å²) < 4.78 is 40.1. The molecule has 0 saturated carbocycles. The van der Waals surface area contributed by atoms with E-state index in [2.05, 4.69) is 5.32 Å². The molecule has 0 heterocycles. The molecule has 0 spiro atoms. The van der Waals surface area contributed by atoms with Crippen LogP contribution in [-0.2, 0) is 16.0 Å². The highest BCUT2D eigenvalue weighted by molar-refractivity contribution is 5.89. The Bertz CT molecular complexity index is 1030. The first-order valence-electron chi connectivity index (χ1n) is 8.91. The van der Waals surface area contributed by atoms with Gasteiger partial charge < -0.3 is 5.32 Å². The zero-order chi connectivity index (χ0) is 21.7. The van der Waals surface area contributed by atoms with Crippen molar-refractivity contribution in [3.63, 3.8) is 0 Å². The molecule has 3 aromatic carbocycles. The van der Waals surface area contributed by atoms with Crippen LogP contribution in [-0.4, -0.2) is 17.0 Å². The second-order valence-electron chi connectivity index (χ2n) is 6.51. The lowest BCUT2D eigenvalue weighted by molar-refractivity contribution is -0.134. The maximum atomic E-state index is 13.5. The number of hydrogen-bond acceptors (Lipinski definition) is 3. The van der Waals surface area contributed by atoms with Crippen molar-refractivity contribution in [2.45, 2.75) is 12.5 Å². The van der Waals surface area contributed by atoms with E-state index in [4.69, 9.17) is 5.21 Å². The van der Waals surface area contributed by atoms with Crippen LogP contribution in [0.15, 0.2) is 66.7 Å². The fourth-order valence-electron chi connectivity index (χ4n) is 2.95. The third kappa shape index (κ3) is 4.84. The third-order valence-corrected chi connectivity index (χ3v) is 4.45. The number of carbonyl (C=O) groups is 2.